The SMILES string of the molecule is CCN1CCC[C@@H](Nc2nc3nc(-c4c(O)ccc(Cl)c4C)cnc3o2)C1. The monoisotopic (exact) mass is 387 g/mol. The lowest BCUT2D eigenvalue weighted by Gasteiger charge is -2.31. The summed E-state index contributed by atoms with van der Waals surface area (Å²) < 4.78 is 5.71. The maximum Gasteiger partial charge on any atom is 0.298 e. The van der Waals surface area contributed by atoms with Gasteiger partial charge in [0.15, 0.2) is 0 Å². The summed E-state index contributed by atoms with van der Waals surface area (Å²) in [4.78, 5) is 15.7. The lowest BCUT2D eigenvalue weighted by atomic mass is 10.0. The summed E-state index contributed by atoms with van der Waals surface area (Å²) in [7, 11) is 0. The zero-order valence-electron chi connectivity index (χ0n) is 15.4. The first-order chi connectivity index (χ1) is 13.0. The van der Waals surface area contributed by atoms with E-state index in [9.17, 15) is 5.11 Å². The van der Waals surface area contributed by atoms with E-state index in [0.29, 0.717) is 39.7 Å². The summed E-state index contributed by atoms with van der Waals surface area (Å²) in [5.74, 6) is 0.106. The molecule has 2 N–H and O–H groups in total. The maximum atomic E-state index is 10.2. The maximum absolute atomic E-state index is 10.2. The molecule has 4 rings (SSSR count). The van der Waals surface area contributed by atoms with E-state index in [4.69, 9.17) is 16.0 Å². The van der Waals surface area contributed by atoms with Crippen molar-refractivity contribution in [3.63, 3.8) is 0 Å². The topological polar surface area (TPSA) is 87.3 Å². The molecule has 1 aliphatic heterocycles. The molecule has 8 heteroatoms. The van der Waals surface area contributed by atoms with Gasteiger partial charge in [-0.1, -0.05) is 18.5 Å². The number of fused-ring (bicyclic) bond motifs is 1. The standard InChI is InChI=1S/C19H22ClN5O2/c1-3-25-8-4-5-12(10-25)22-19-24-17-18(27-19)21-9-14(23-17)16-11(2)13(20)6-7-15(16)26/h6-7,9,12,26H,3-5,8,10H2,1-2H3,(H,22,23,24)/t12-/m1/s1. The van der Waals surface area contributed by atoms with Crippen LogP contribution in [0.3, 0.4) is 0 Å². The van der Waals surface area contributed by atoms with Crippen LogP contribution in [0.1, 0.15) is 25.3 Å². The van der Waals surface area contributed by atoms with Gasteiger partial charge in [0, 0.05) is 23.2 Å². The minimum absolute atomic E-state index is 0.106. The number of likely N-dealkylation sites (tertiary alicyclic amines) is 1. The second kappa shape index (κ2) is 7.32. The average Bonchev–Trinajstić information content (AvgIpc) is 3.07. The fourth-order valence-corrected chi connectivity index (χ4v) is 3.69. The van der Waals surface area contributed by atoms with Gasteiger partial charge in [-0.3, -0.25) is 0 Å². The minimum Gasteiger partial charge on any atom is -0.507 e. The normalized spacial score (nSPS) is 18.1. The summed E-state index contributed by atoms with van der Waals surface area (Å²) in [6.45, 7) is 7.15. The number of halogens is 1. The summed E-state index contributed by atoms with van der Waals surface area (Å²) in [6, 6.07) is 3.93. The third-order valence-corrected chi connectivity index (χ3v) is 5.45. The van der Waals surface area contributed by atoms with Crippen LogP contribution in [0.4, 0.5) is 6.01 Å². The van der Waals surface area contributed by atoms with Crippen molar-refractivity contribution in [1.82, 2.24) is 19.9 Å². The number of hydrogen-bond donors (Lipinski definition) is 2. The fraction of sp³-hybridized carbons (Fsp3) is 0.421. The smallest absolute Gasteiger partial charge is 0.298 e. The van der Waals surface area contributed by atoms with Crippen LogP contribution in [0.25, 0.3) is 22.6 Å². The number of oxazole rings is 1. The Bertz CT molecular complexity index is 974. The molecule has 0 spiro atoms. The predicted octanol–water partition coefficient (Wildman–Crippen LogP) is 3.85. The van der Waals surface area contributed by atoms with Gasteiger partial charge in [-0.05, 0) is 50.6 Å². The highest BCUT2D eigenvalue weighted by Gasteiger charge is 2.21. The van der Waals surface area contributed by atoms with E-state index >= 15 is 0 Å². The van der Waals surface area contributed by atoms with Crippen molar-refractivity contribution < 1.29 is 9.52 Å². The van der Waals surface area contributed by atoms with E-state index in [2.05, 4.69) is 32.1 Å². The third-order valence-electron chi connectivity index (χ3n) is 5.04. The van der Waals surface area contributed by atoms with Gasteiger partial charge in [-0.2, -0.15) is 4.98 Å². The number of phenolic OH excluding ortho intramolecular Hbond substituents is 1. The molecule has 3 heterocycles. The van der Waals surface area contributed by atoms with Crippen molar-refractivity contribution in [2.75, 3.05) is 25.0 Å². The van der Waals surface area contributed by atoms with Crippen LogP contribution in [0.5, 0.6) is 5.75 Å². The second-order valence-corrected chi connectivity index (χ2v) is 7.25. The second-order valence-electron chi connectivity index (χ2n) is 6.85. The van der Waals surface area contributed by atoms with Crippen LogP contribution in [0, 0.1) is 6.92 Å². The molecule has 1 fully saturated rings. The van der Waals surface area contributed by atoms with E-state index < -0.39 is 0 Å². The first-order valence-corrected chi connectivity index (χ1v) is 9.54. The number of phenols is 1. The molecule has 27 heavy (non-hydrogen) atoms. The Morgan fingerprint density at radius 2 is 2.22 bits per heavy atom. The van der Waals surface area contributed by atoms with Gasteiger partial charge in [-0.15, -0.1) is 0 Å². The number of aromatic nitrogens is 3. The number of likely N-dealkylation sites (N-methyl/N-ethyl adjacent to an activating group) is 1. The van der Waals surface area contributed by atoms with Crippen molar-refractivity contribution in [3.8, 4) is 17.0 Å². The highest BCUT2D eigenvalue weighted by atomic mass is 35.5. The number of aromatic hydroxyl groups is 1. The first-order valence-electron chi connectivity index (χ1n) is 9.16. The molecule has 3 aromatic rings. The van der Waals surface area contributed by atoms with E-state index in [-0.39, 0.29) is 5.75 Å². The van der Waals surface area contributed by atoms with Crippen molar-refractivity contribution in [3.05, 3.63) is 28.9 Å². The molecule has 142 valence electrons. The molecular formula is C19H22ClN5O2. The largest absolute Gasteiger partial charge is 0.507 e. The Labute approximate surface area is 162 Å². The molecule has 0 amide bonds. The van der Waals surface area contributed by atoms with Crippen LogP contribution in [-0.4, -0.2) is 50.6 Å². The zero-order valence-corrected chi connectivity index (χ0v) is 16.1. The molecule has 7 nitrogen and oxygen atoms in total. The number of anilines is 1. The number of piperidine rings is 1. The van der Waals surface area contributed by atoms with Gasteiger partial charge < -0.3 is 19.7 Å². The Morgan fingerprint density at radius 1 is 1.37 bits per heavy atom. The Morgan fingerprint density at radius 3 is 3.04 bits per heavy atom. The number of hydrogen-bond acceptors (Lipinski definition) is 7. The number of benzene rings is 1. The molecule has 0 unspecified atom stereocenters. The Balaban J connectivity index is 1.62. The molecule has 2 aromatic heterocycles. The van der Waals surface area contributed by atoms with E-state index in [1.54, 1.807) is 18.3 Å². The third kappa shape index (κ3) is 3.57. The quantitative estimate of drug-likeness (QED) is 0.702. The van der Waals surface area contributed by atoms with E-state index in [1.165, 1.54) is 0 Å². The van der Waals surface area contributed by atoms with Gasteiger partial charge in [0.2, 0.25) is 5.65 Å². The van der Waals surface area contributed by atoms with Crippen LogP contribution < -0.4 is 5.32 Å². The van der Waals surface area contributed by atoms with Crippen molar-refractivity contribution in [2.45, 2.75) is 32.7 Å². The van der Waals surface area contributed by atoms with Crippen LogP contribution in [0.2, 0.25) is 5.02 Å². The molecule has 0 radical (unpaired) electrons. The molecule has 1 saturated heterocycles. The molecular weight excluding hydrogens is 366 g/mol. The summed E-state index contributed by atoms with van der Waals surface area (Å²) in [6.07, 6.45) is 3.80. The van der Waals surface area contributed by atoms with Crippen molar-refractivity contribution in [1.29, 1.82) is 0 Å². The van der Waals surface area contributed by atoms with Gasteiger partial charge in [0.1, 0.15) is 5.75 Å². The fourth-order valence-electron chi connectivity index (χ4n) is 3.54. The Kier molecular flexibility index (Phi) is 4.88. The molecule has 1 aromatic carbocycles. The molecule has 0 saturated carbocycles. The van der Waals surface area contributed by atoms with Crippen molar-refractivity contribution >= 4 is 29.0 Å². The van der Waals surface area contributed by atoms with Crippen LogP contribution in [-0.2, 0) is 0 Å². The summed E-state index contributed by atoms with van der Waals surface area (Å²) in [5.41, 5.74) is 2.57. The van der Waals surface area contributed by atoms with Gasteiger partial charge in [-0.25, -0.2) is 9.97 Å². The molecule has 1 atom stereocenters. The molecule has 1 aliphatic rings. The van der Waals surface area contributed by atoms with Gasteiger partial charge in [0.25, 0.3) is 11.7 Å². The van der Waals surface area contributed by atoms with E-state index in [1.807, 2.05) is 6.92 Å². The average molecular weight is 388 g/mol. The molecule has 0 aliphatic carbocycles. The van der Waals surface area contributed by atoms with Crippen molar-refractivity contribution in [2.24, 2.45) is 0 Å². The summed E-state index contributed by atoms with van der Waals surface area (Å²) in [5, 5.41) is 14.1. The predicted molar refractivity (Wildman–Crippen MR) is 105 cm³/mol. The Hall–Kier alpha value is -2.38. The van der Waals surface area contributed by atoms with Gasteiger partial charge >= 0.3 is 0 Å². The van der Waals surface area contributed by atoms with Crippen LogP contribution in [0.15, 0.2) is 22.7 Å². The highest BCUT2D eigenvalue weighted by Crippen LogP contribution is 2.35. The lowest BCUT2D eigenvalue weighted by molar-refractivity contribution is 0.225. The first kappa shape index (κ1) is 18.0. The molecule has 0 bridgehead atoms. The minimum atomic E-state index is 0.106. The van der Waals surface area contributed by atoms with Gasteiger partial charge in [0.05, 0.1) is 11.9 Å². The number of rotatable bonds is 4. The summed E-state index contributed by atoms with van der Waals surface area (Å²) >= 11 is 6.18. The number of nitrogens with zero attached hydrogens (tertiary/aromatic N) is 4. The highest BCUT2D eigenvalue weighted by molar-refractivity contribution is 6.31. The zero-order chi connectivity index (χ0) is 19.0. The lowest BCUT2D eigenvalue weighted by Crippen LogP contribution is -2.41. The van der Waals surface area contributed by atoms with E-state index in [0.717, 1.165) is 38.0 Å². The number of nitrogens with one attached hydrogen (secondary N) is 1. The van der Waals surface area contributed by atoms with Crippen LogP contribution >= 0.6 is 11.6 Å².